The summed E-state index contributed by atoms with van der Waals surface area (Å²) in [6.45, 7) is 5.35. The first-order chi connectivity index (χ1) is 9.85. The molecule has 1 aromatic rings. The molecule has 0 amide bonds. The van der Waals surface area contributed by atoms with E-state index in [0.29, 0.717) is 5.54 Å². The van der Waals surface area contributed by atoms with E-state index >= 15 is 0 Å². The Kier molecular flexibility index (Phi) is 5.07. The van der Waals surface area contributed by atoms with Crippen molar-refractivity contribution in [2.75, 3.05) is 27.7 Å². The highest BCUT2D eigenvalue weighted by atomic mass is 15.2. The minimum Gasteiger partial charge on any atom is -0.326 e. The van der Waals surface area contributed by atoms with Gasteiger partial charge >= 0.3 is 0 Å². The lowest BCUT2D eigenvalue weighted by Gasteiger charge is -2.50. The highest BCUT2D eigenvalue weighted by molar-refractivity contribution is 5.26. The molecule has 0 saturated heterocycles. The molecule has 0 aliphatic heterocycles. The number of benzene rings is 1. The molecule has 1 fully saturated rings. The summed E-state index contributed by atoms with van der Waals surface area (Å²) >= 11 is 0. The number of likely N-dealkylation sites (N-methyl/N-ethyl adjacent to an activating group) is 2. The maximum Gasteiger partial charge on any atom is 0.0494 e. The Bertz CT molecular complexity index is 463. The van der Waals surface area contributed by atoms with Gasteiger partial charge in [-0.1, -0.05) is 29.8 Å². The normalized spacial score (nSPS) is 20.4. The van der Waals surface area contributed by atoms with E-state index in [0.717, 1.165) is 6.54 Å². The van der Waals surface area contributed by atoms with Crippen LogP contribution in [0, 0.1) is 6.92 Å². The van der Waals surface area contributed by atoms with Crippen LogP contribution >= 0.6 is 0 Å². The van der Waals surface area contributed by atoms with Gasteiger partial charge in [-0.15, -0.1) is 0 Å². The van der Waals surface area contributed by atoms with E-state index in [-0.39, 0.29) is 12.1 Å². The fraction of sp³-hybridized carbons (Fsp3) is 0.667. The summed E-state index contributed by atoms with van der Waals surface area (Å²) in [5.41, 5.74) is 9.30. The van der Waals surface area contributed by atoms with Crippen LogP contribution in [0.3, 0.4) is 0 Å². The lowest BCUT2D eigenvalue weighted by Crippen LogP contribution is -2.58. The number of hydrogen-bond donors (Lipinski definition) is 1. The van der Waals surface area contributed by atoms with Gasteiger partial charge in [0.25, 0.3) is 0 Å². The van der Waals surface area contributed by atoms with E-state index in [1.165, 1.54) is 30.4 Å². The monoisotopic (exact) mass is 289 g/mol. The minimum absolute atomic E-state index is 0.121. The Labute approximate surface area is 130 Å². The summed E-state index contributed by atoms with van der Waals surface area (Å²) in [6.07, 6.45) is 3.94. The van der Waals surface area contributed by atoms with E-state index in [1.807, 2.05) is 0 Å². The van der Waals surface area contributed by atoms with Gasteiger partial charge in [0.2, 0.25) is 0 Å². The Morgan fingerprint density at radius 1 is 1.24 bits per heavy atom. The van der Waals surface area contributed by atoms with Crippen LogP contribution in [0.5, 0.6) is 0 Å². The number of rotatable bonds is 6. The van der Waals surface area contributed by atoms with Crippen molar-refractivity contribution in [3.8, 4) is 0 Å². The van der Waals surface area contributed by atoms with Crippen molar-refractivity contribution in [3.63, 3.8) is 0 Å². The topological polar surface area (TPSA) is 32.5 Å². The molecule has 2 atom stereocenters. The van der Waals surface area contributed by atoms with Gasteiger partial charge in [-0.25, -0.2) is 0 Å². The van der Waals surface area contributed by atoms with Crippen molar-refractivity contribution in [2.24, 2.45) is 5.73 Å². The molecular formula is C18H31N3. The lowest BCUT2D eigenvalue weighted by atomic mass is 9.75. The van der Waals surface area contributed by atoms with Crippen molar-refractivity contribution < 1.29 is 0 Å². The highest BCUT2D eigenvalue weighted by Crippen LogP contribution is 2.38. The Morgan fingerprint density at radius 3 is 2.33 bits per heavy atom. The SMILES string of the molecule is Cc1cccc(C(C(C)N)N(C)CC2(N(C)C)CCC2)c1. The van der Waals surface area contributed by atoms with E-state index in [4.69, 9.17) is 5.73 Å². The molecule has 0 heterocycles. The first kappa shape index (κ1) is 16.5. The Hall–Kier alpha value is -0.900. The molecule has 1 saturated carbocycles. The summed E-state index contributed by atoms with van der Waals surface area (Å²) in [6, 6.07) is 9.17. The lowest BCUT2D eigenvalue weighted by molar-refractivity contribution is 0.0131. The van der Waals surface area contributed by atoms with Crippen molar-refractivity contribution in [1.29, 1.82) is 0 Å². The van der Waals surface area contributed by atoms with Crippen LogP contribution in [0.1, 0.15) is 43.4 Å². The maximum absolute atomic E-state index is 6.32. The standard InChI is InChI=1S/C18H31N3/c1-14-8-6-9-16(12-14)17(15(2)19)21(5)13-18(20(3)4)10-7-11-18/h6,8-9,12,15,17H,7,10-11,13,19H2,1-5H3. The van der Waals surface area contributed by atoms with Crippen LogP contribution < -0.4 is 5.73 Å². The summed E-state index contributed by atoms with van der Waals surface area (Å²) in [7, 11) is 6.64. The molecule has 21 heavy (non-hydrogen) atoms. The Balaban J connectivity index is 2.18. The van der Waals surface area contributed by atoms with Gasteiger partial charge in [-0.2, -0.15) is 0 Å². The fourth-order valence-corrected chi connectivity index (χ4v) is 3.71. The largest absolute Gasteiger partial charge is 0.326 e. The maximum atomic E-state index is 6.32. The van der Waals surface area contributed by atoms with Gasteiger partial charge in [-0.3, -0.25) is 4.90 Å². The van der Waals surface area contributed by atoms with E-state index in [2.05, 4.69) is 69.1 Å². The smallest absolute Gasteiger partial charge is 0.0494 e. The summed E-state index contributed by atoms with van der Waals surface area (Å²) in [4.78, 5) is 4.86. The number of nitrogens with zero attached hydrogens (tertiary/aromatic N) is 2. The van der Waals surface area contributed by atoms with E-state index in [9.17, 15) is 0 Å². The molecule has 0 radical (unpaired) electrons. The van der Waals surface area contributed by atoms with Crippen LogP contribution in [0.2, 0.25) is 0 Å². The van der Waals surface area contributed by atoms with Crippen LogP contribution in [-0.2, 0) is 0 Å². The fourth-order valence-electron chi connectivity index (χ4n) is 3.71. The van der Waals surface area contributed by atoms with Crippen LogP contribution in [0.25, 0.3) is 0 Å². The van der Waals surface area contributed by atoms with Crippen LogP contribution in [0.4, 0.5) is 0 Å². The predicted molar refractivity (Wildman–Crippen MR) is 90.5 cm³/mol. The van der Waals surface area contributed by atoms with Gasteiger partial charge in [0.15, 0.2) is 0 Å². The Morgan fingerprint density at radius 2 is 1.90 bits per heavy atom. The van der Waals surface area contributed by atoms with Crippen molar-refractivity contribution >= 4 is 0 Å². The van der Waals surface area contributed by atoms with Gasteiger partial charge in [-0.05, 0) is 59.8 Å². The first-order valence-corrected chi connectivity index (χ1v) is 8.05. The molecule has 0 spiro atoms. The summed E-state index contributed by atoms with van der Waals surface area (Å²) < 4.78 is 0. The molecule has 1 aromatic carbocycles. The van der Waals surface area contributed by atoms with E-state index < -0.39 is 0 Å². The van der Waals surface area contributed by atoms with Gasteiger partial charge in [0, 0.05) is 24.2 Å². The number of aryl methyl sites for hydroxylation is 1. The molecule has 2 unspecified atom stereocenters. The highest BCUT2D eigenvalue weighted by Gasteiger charge is 2.41. The average Bonchev–Trinajstić information content (AvgIpc) is 2.33. The number of nitrogens with two attached hydrogens (primary N) is 1. The average molecular weight is 289 g/mol. The molecule has 1 aliphatic rings. The third-order valence-electron chi connectivity index (χ3n) is 5.13. The molecule has 3 nitrogen and oxygen atoms in total. The van der Waals surface area contributed by atoms with Crippen LogP contribution in [-0.4, -0.2) is 49.1 Å². The summed E-state index contributed by atoms with van der Waals surface area (Å²) in [5.74, 6) is 0. The van der Waals surface area contributed by atoms with Crippen molar-refractivity contribution in [2.45, 2.75) is 50.7 Å². The van der Waals surface area contributed by atoms with Gasteiger partial charge in [0.1, 0.15) is 0 Å². The molecule has 118 valence electrons. The second kappa shape index (κ2) is 6.47. The molecule has 0 bridgehead atoms. The molecule has 0 aromatic heterocycles. The summed E-state index contributed by atoms with van der Waals surface area (Å²) in [5, 5.41) is 0. The second-order valence-electron chi connectivity index (χ2n) is 7.11. The minimum atomic E-state index is 0.121. The van der Waals surface area contributed by atoms with Crippen LogP contribution in [0.15, 0.2) is 24.3 Å². The second-order valence-corrected chi connectivity index (χ2v) is 7.11. The molecule has 2 rings (SSSR count). The van der Waals surface area contributed by atoms with E-state index in [1.54, 1.807) is 0 Å². The molecule has 2 N–H and O–H groups in total. The quantitative estimate of drug-likeness (QED) is 0.874. The number of hydrogen-bond acceptors (Lipinski definition) is 3. The van der Waals surface area contributed by atoms with Gasteiger partial charge in [0.05, 0.1) is 0 Å². The first-order valence-electron chi connectivity index (χ1n) is 8.05. The zero-order valence-corrected chi connectivity index (χ0v) is 14.3. The molecule has 3 heteroatoms. The third-order valence-corrected chi connectivity index (χ3v) is 5.13. The molecular weight excluding hydrogens is 258 g/mol. The molecule has 1 aliphatic carbocycles. The van der Waals surface area contributed by atoms with Crippen molar-refractivity contribution in [1.82, 2.24) is 9.80 Å². The van der Waals surface area contributed by atoms with Gasteiger partial charge < -0.3 is 10.6 Å². The third kappa shape index (κ3) is 3.47. The van der Waals surface area contributed by atoms with Crippen molar-refractivity contribution in [3.05, 3.63) is 35.4 Å². The zero-order valence-electron chi connectivity index (χ0n) is 14.3. The zero-order chi connectivity index (χ0) is 15.6. The predicted octanol–water partition coefficient (Wildman–Crippen LogP) is 2.80.